The number of piperidine rings is 2. The van der Waals surface area contributed by atoms with Gasteiger partial charge in [-0.2, -0.15) is 0 Å². The van der Waals surface area contributed by atoms with Gasteiger partial charge in [-0.05, 0) is 75.3 Å². The summed E-state index contributed by atoms with van der Waals surface area (Å²) >= 11 is 0. The molecule has 2 saturated heterocycles. The Bertz CT molecular complexity index is 2190. The van der Waals surface area contributed by atoms with Crippen LogP contribution in [0, 0.1) is 12.8 Å². The topological polar surface area (TPSA) is 214 Å². The fourth-order valence-electron chi connectivity index (χ4n) is 7.61. The van der Waals surface area contributed by atoms with E-state index in [-0.39, 0.29) is 54.4 Å². The molecule has 4 aromatic rings. The second-order valence-electron chi connectivity index (χ2n) is 14.3. The first-order valence-corrected chi connectivity index (χ1v) is 18.2. The highest BCUT2D eigenvalue weighted by atomic mass is 16.2. The van der Waals surface area contributed by atoms with Gasteiger partial charge in [0, 0.05) is 49.5 Å². The molecule has 4 N–H and O–H groups in total. The van der Waals surface area contributed by atoms with Crippen molar-refractivity contribution in [1.29, 1.82) is 0 Å². The summed E-state index contributed by atoms with van der Waals surface area (Å²) in [5.74, 6) is -1.55. The molecule has 1 atom stereocenters. The number of hydrogen-bond donors (Lipinski definition) is 4. The fraction of sp³-hybridized carbons (Fsp3) is 0.405. The minimum Gasteiger partial charge on any atom is -0.376 e. The molecule has 3 fully saturated rings. The van der Waals surface area contributed by atoms with Crippen LogP contribution < -0.4 is 21.3 Å². The lowest BCUT2D eigenvalue weighted by Gasteiger charge is -2.36. The quantitative estimate of drug-likeness (QED) is 0.172. The van der Waals surface area contributed by atoms with E-state index in [2.05, 4.69) is 41.2 Å². The lowest BCUT2D eigenvalue weighted by molar-refractivity contribution is -0.136. The number of nitrogens with one attached hydrogen (secondary N) is 4. The van der Waals surface area contributed by atoms with Gasteiger partial charge in [-0.1, -0.05) is 6.07 Å². The van der Waals surface area contributed by atoms with E-state index >= 15 is 0 Å². The van der Waals surface area contributed by atoms with Crippen molar-refractivity contribution >= 4 is 58.1 Å². The van der Waals surface area contributed by atoms with Crippen molar-refractivity contribution in [2.45, 2.75) is 63.6 Å². The molecule has 8 rings (SSSR count). The first kappa shape index (κ1) is 34.8. The minimum absolute atomic E-state index is 0.0142. The summed E-state index contributed by atoms with van der Waals surface area (Å²) in [5, 5.41) is 11.8. The molecule has 1 saturated carbocycles. The van der Waals surface area contributed by atoms with Crippen LogP contribution >= 0.6 is 0 Å². The Morgan fingerprint density at radius 3 is 2.50 bits per heavy atom. The number of amides is 6. The lowest BCUT2D eigenvalue weighted by atomic mass is 9.86. The molecule has 17 nitrogen and oxygen atoms in total. The average Bonchev–Trinajstić information content (AvgIpc) is 3.69. The van der Waals surface area contributed by atoms with E-state index in [1.54, 1.807) is 18.5 Å². The fourth-order valence-corrected chi connectivity index (χ4v) is 7.61. The zero-order valence-electron chi connectivity index (χ0n) is 29.6. The third kappa shape index (κ3) is 6.72. The molecule has 278 valence electrons. The molecular formula is C37H39N11O6. The summed E-state index contributed by atoms with van der Waals surface area (Å²) in [7, 11) is 0. The highest BCUT2D eigenvalue weighted by Crippen LogP contribution is 2.35. The van der Waals surface area contributed by atoms with Crippen LogP contribution in [0.15, 0.2) is 49.1 Å². The Balaban J connectivity index is 0.794. The molecule has 6 amide bonds. The van der Waals surface area contributed by atoms with Gasteiger partial charge in [0.15, 0.2) is 11.5 Å². The van der Waals surface area contributed by atoms with Crippen molar-refractivity contribution in [3.8, 4) is 0 Å². The number of imide groups is 2. The number of anilines is 2. The van der Waals surface area contributed by atoms with Crippen LogP contribution in [0.1, 0.15) is 81.5 Å². The Morgan fingerprint density at radius 1 is 0.926 bits per heavy atom. The average molecular weight is 734 g/mol. The van der Waals surface area contributed by atoms with Crippen LogP contribution in [0.4, 0.5) is 11.5 Å². The number of hydrogen-bond acceptors (Lipinski definition) is 12. The Labute approximate surface area is 309 Å². The molecule has 4 aliphatic rings. The second kappa shape index (κ2) is 14.3. The number of pyridine rings is 1. The molecule has 3 aromatic heterocycles. The molecular weight excluding hydrogens is 694 g/mol. The summed E-state index contributed by atoms with van der Waals surface area (Å²) in [6.45, 7) is 3.73. The van der Waals surface area contributed by atoms with E-state index in [1.807, 2.05) is 28.5 Å². The Morgan fingerprint density at radius 2 is 1.72 bits per heavy atom. The van der Waals surface area contributed by atoms with E-state index in [0.717, 1.165) is 41.9 Å². The van der Waals surface area contributed by atoms with Crippen molar-refractivity contribution in [2.24, 2.45) is 5.92 Å². The molecule has 1 aliphatic carbocycles. The summed E-state index contributed by atoms with van der Waals surface area (Å²) < 4.78 is 2.05. The van der Waals surface area contributed by atoms with Crippen LogP contribution in [0.2, 0.25) is 0 Å². The highest BCUT2D eigenvalue weighted by Gasteiger charge is 2.44. The third-order valence-electron chi connectivity index (χ3n) is 10.7. The van der Waals surface area contributed by atoms with Crippen molar-refractivity contribution in [2.75, 3.05) is 36.8 Å². The highest BCUT2D eigenvalue weighted by molar-refractivity contribution is 6.23. The molecule has 1 aromatic carbocycles. The second-order valence-corrected chi connectivity index (χ2v) is 14.3. The Hall–Kier alpha value is -6.26. The van der Waals surface area contributed by atoms with Crippen LogP contribution in [0.3, 0.4) is 0 Å². The van der Waals surface area contributed by atoms with E-state index in [1.165, 1.54) is 18.5 Å². The smallest absolute Gasteiger partial charge is 0.270 e. The van der Waals surface area contributed by atoms with Gasteiger partial charge in [0.1, 0.15) is 23.6 Å². The third-order valence-corrected chi connectivity index (χ3v) is 10.7. The van der Waals surface area contributed by atoms with Gasteiger partial charge in [0.25, 0.3) is 17.7 Å². The van der Waals surface area contributed by atoms with Crippen LogP contribution in [-0.4, -0.2) is 108 Å². The molecule has 6 heterocycles. The monoisotopic (exact) mass is 733 g/mol. The maximum atomic E-state index is 13.1. The van der Waals surface area contributed by atoms with Gasteiger partial charge in [0.2, 0.25) is 17.7 Å². The number of fused-ring (bicyclic) bond motifs is 2. The Kier molecular flexibility index (Phi) is 9.21. The van der Waals surface area contributed by atoms with Crippen molar-refractivity contribution in [3.63, 3.8) is 0 Å². The standard InChI is InChI=1S/C37H39N11O6/c1-20-3-2-4-27(43-20)34(51)44-23-13-24(14-23)47-19-42-31-32(40-18-41-33(31)47)39-16-21-9-11-46(12-10-21)30(50)17-38-22-5-6-25-26(15-22)37(54)48(36(25)53)28-7-8-29(49)45-35(28)52/h2-6,15,18-19,21,23-24,28,38H,7-14,16-17H2,1H3,(H,44,51)(H,39,40,41)(H,45,49,52)/t23?,24?,28-/m0/s1. The molecule has 0 unspecified atom stereocenters. The largest absolute Gasteiger partial charge is 0.376 e. The normalized spacial score (nSPS) is 21.5. The summed E-state index contributed by atoms with van der Waals surface area (Å²) in [4.78, 5) is 96.4. The molecule has 0 radical (unpaired) electrons. The van der Waals surface area contributed by atoms with Gasteiger partial charge in [-0.3, -0.25) is 39.0 Å². The summed E-state index contributed by atoms with van der Waals surface area (Å²) in [6.07, 6.45) is 6.58. The van der Waals surface area contributed by atoms with E-state index < -0.39 is 29.7 Å². The van der Waals surface area contributed by atoms with Crippen molar-refractivity contribution in [1.82, 2.24) is 44.9 Å². The van der Waals surface area contributed by atoms with Gasteiger partial charge in [-0.15, -0.1) is 0 Å². The maximum Gasteiger partial charge on any atom is 0.270 e. The van der Waals surface area contributed by atoms with Crippen LogP contribution in [0.25, 0.3) is 11.2 Å². The predicted octanol–water partition coefficient (Wildman–Crippen LogP) is 1.83. The van der Waals surface area contributed by atoms with Gasteiger partial charge < -0.3 is 25.4 Å². The van der Waals surface area contributed by atoms with Gasteiger partial charge >= 0.3 is 0 Å². The first-order valence-electron chi connectivity index (χ1n) is 18.2. The lowest BCUT2D eigenvalue weighted by Crippen LogP contribution is -2.54. The van der Waals surface area contributed by atoms with Crippen molar-refractivity contribution in [3.05, 3.63) is 71.6 Å². The maximum absolute atomic E-state index is 13.1. The van der Waals surface area contributed by atoms with E-state index in [0.29, 0.717) is 48.3 Å². The minimum atomic E-state index is -1.04. The first-order chi connectivity index (χ1) is 26.1. The van der Waals surface area contributed by atoms with Gasteiger partial charge in [-0.25, -0.2) is 19.9 Å². The zero-order chi connectivity index (χ0) is 37.5. The molecule has 0 bridgehead atoms. The molecule has 17 heteroatoms. The number of nitrogens with zero attached hydrogens (tertiary/aromatic N) is 7. The number of carbonyl (C=O) groups is 6. The van der Waals surface area contributed by atoms with Crippen molar-refractivity contribution < 1.29 is 28.8 Å². The SMILES string of the molecule is Cc1cccc(C(=O)NC2CC(n3cnc4c(NCC5CCN(C(=O)CNc6ccc7c(c6)C(=O)N([C@H]6CCC(=O)NC6=O)C7=O)CC5)ncnc43)C2)n1. The summed E-state index contributed by atoms with van der Waals surface area (Å²) in [5.41, 5.74) is 3.48. The van der Waals surface area contributed by atoms with E-state index in [4.69, 9.17) is 0 Å². The number of benzene rings is 1. The van der Waals surface area contributed by atoms with Crippen LogP contribution in [0.5, 0.6) is 0 Å². The number of rotatable bonds is 10. The number of aryl methyl sites for hydroxylation is 1. The van der Waals surface area contributed by atoms with E-state index in [9.17, 15) is 28.8 Å². The summed E-state index contributed by atoms with van der Waals surface area (Å²) in [6, 6.07) is 9.23. The molecule has 3 aliphatic heterocycles. The molecule has 0 spiro atoms. The number of imidazole rings is 1. The number of aromatic nitrogens is 5. The number of carbonyl (C=O) groups excluding carboxylic acids is 6. The van der Waals surface area contributed by atoms with Crippen LogP contribution in [-0.2, 0) is 14.4 Å². The predicted molar refractivity (Wildman–Crippen MR) is 193 cm³/mol. The number of likely N-dealkylation sites (tertiary alicyclic amines) is 1. The van der Waals surface area contributed by atoms with Gasteiger partial charge in [0.05, 0.1) is 24.0 Å². The molecule has 54 heavy (non-hydrogen) atoms. The zero-order valence-corrected chi connectivity index (χ0v) is 29.6.